The van der Waals surface area contributed by atoms with Crippen LogP contribution < -0.4 is 4.90 Å². The summed E-state index contributed by atoms with van der Waals surface area (Å²) in [4.78, 5) is 2.46. The minimum Gasteiger partial charge on any atom is -0.455 e. The molecule has 260 valence electrons. The minimum atomic E-state index is -0.154. The first-order valence-corrected chi connectivity index (χ1v) is 18.9. The molecule has 2 nitrogen and oxygen atoms in total. The Labute approximate surface area is 316 Å². The van der Waals surface area contributed by atoms with Gasteiger partial charge in [0.15, 0.2) is 0 Å². The molecule has 10 rings (SSSR count). The number of hydrogen-bond acceptors (Lipinski definition) is 2. The number of fused-ring (bicyclic) bond motifs is 7. The highest BCUT2D eigenvalue weighted by atomic mass is 16.3. The van der Waals surface area contributed by atoms with Gasteiger partial charge in [-0.25, -0.2) is 0 Å². The molecular formula is C52H41NO. The van der Waals surface area contributed by atoms with Crippen molar-refractivity contribution < 1.29 is 4.42 Å². The van der Waals surface area contributed by atoms with Crippen LogP contribution in [-0.4, -0.2) is 0 Å². The van der Waals surface area contributed by atoms with E-state index in [1.807, 2.05) is 6.07 Å². The van der Waals surface area contributed by atoms with Crippen LogP contribution in [-0.2, 0) is 10.8 Å². The Bertz CT molecular complexity index is 2880. The molecule has 0 saturated heterocycles. The molecule has 0 unspecified atom stereocenters. The van der Waals surface area contributed by atoms with Crippen LogP contribution in [0.2, 0.25) is 0 Å². The summed E-state index contributed by atoms with van der Waals surface area (Å²) in [6.45, 7) is 9.31. The van der Waals surface area contributed by atoms with Crippen molar-refractivity contribution in [2.75, 3.05) is 4.90 Å². The van der Waals surface area contributed by atoms with E-state index in [9.17, 15) is 0 Å². The fourth-order valence-corrected chi connectivity index (χ4v) is 9.00. The van der Waals surface area contributed by atoms with E-state index in [1.54, 1.807) is 0 Å². The molecule has 0 bridgehead atoms. The molecule has 0 fully saturated rings. The number of hydrogen-bond donors (Lipinski definition) is 0. The maximum absolute atomic E-state index is 6.73. The van der Waals surface area contributed by atoms with E-state index >= 15 is 0 Å². The third-order valence-electron chi connectivity index (χ3n) is 12.0. The van der Waals surface area contributed by atoms with Gasteiger partial charge < -0.3 is 9.32 Å². The standard InChI is InChI=1S/C52H41NO/c1-51(2,35-16-6-5-7-17-35)36-26-28-37(29-27-36)53(38-30-31-46-44(33-38)40-19-10-12-23-45(40)52(46,3)4)47-32-25-34-15-8-9-18-39(34)49(47)43-22-14-21-42-41-20-11-13-24-48(41)54-50(42)43/h5-33H,1-4H3. The van der Waals surface area contributed by atoms with Gasteiger partial charge in [-0.1, -0.05) is 167 Å². The number of furan rings is 1. The predicted octanol–water partition coefficient (Wildman–Crippen LogP) is 14.5. The summed E-state index contributed by atoms with van der Waals surface area (Å²) in [5.74, 6) is 0. The molecule has 1 aromatic heterocycles. The van der Waals surface area contributed by atoms with Gasteiger partial charge in [0, 0.05) is 44.1 Å². The zero-order chi connectivity index (χ0) is 36.6. The van der Waals surface area contributed by atoms with Crippen molar-refractivity contribution in [3.05, 3.63) is 198 Å². The van der Waals surface area contributed by atoms with Gasteiger partial charge in [0.2, 0.25) is 0 Å². The molecule has 0 radical (unpaired) electrons. The minimum absolute atomic E-state index is 0.0784. The Morgan fingerprint density at radius 2 is 1.11 bits per heavy atom. The van der Waals surface area contributed by atoms with Gasteiger partial charge in [0.1, 0.15) is 11.2 Å². The fraction of sp³-hybridized carbons (Fsp3) is 0.115. The molecule has 8 aromatic carbocycles. The average molecular weight is 696 g/mol. The maximum atomic E-state index is 6.73. The maximum Gasteiger partial charge on any atom is 0.143 e. The molecule has 0 N–H and O–H groups in total. The van der Waals surface area contributed by atoms with Crippen LogP contribution in [0.15, 0.2) is 180 Å². The van der Waals surface area contributed by atoms with Gasteiger partial charge in [-0.3, -0.25) is 0 Å². The van der Waals surface area contributed by atoms with Crippen LogP contribution >= 0.6 is 0 Å². The number of nitrogens with zero attached hydrogens (tertiary/aromatic N) is 1. The monoisotopic (exact) mass is 695 g/mol. The number of benzene rings is 8. The normalized spacial score (nSPS) is 13.3. The lowest BCUT2D eigenvalue weighted by atomic mass is 9.78. The molecule has 0 amide bonds. The van der Waals surface area contributed by atoms with Crippen molar-refractivity contribution in [3.8, 4) is 22.3 Å². The second-order valence-corrected chi connectivity index (χ2v) is 15.7. The fourth-order valence-electron chi connectivity index (χ4n) is 9.00. The molecule has 0 spiro atoms. The molecule has 2 heteroatoms. The van der Waals surface area contributed by atoms with Gasteiger partial charge in [-0.05, 0) is 80.6 Å². The van der Waals surface area contributed by atoms with E-state index in [2.05, 4.69) is 202 Å². The highest BCUT2D eigenvalue weighted by Crippen LogP contribution is 2.52. The van der Waals surface area contributed by atoms with E-state index in [-0.39, 0.29) is 10.8 Å². The molecular weight excluding hydrogens is 655 g/mol. The Balaban J connectivity index is 1.24. The summed E-state index contributed by atoms with van der Waals surface area (Å²) in [6.07, 6.45) is 0. The highest BCUT2D eigenvalue weighted by molar-refractivity contribution is 6.15. The first kappa shape index (κ1) is 32.3. The Hall–Kier alpha value is -6.38. The zero-order valence-corrected chi connectivity index (χ0v) is 31.1. The molecule has 9 aromatic rings. The Morgan fingerprint density at radius 3 is 1.94 bits per heavy atom. The molecule has 54 heavy (non-hydrogen) atoms. The van der Waals surface area contributed by atoms with Crippen molar-refractivity contribution in [3.63, 3.8) is 0 Å². The van der Waals surface area contributed by atoms with Crippen LogP contribution in [0.4, 0.5) is 17.1 Å². The molecule has 0 atom stereocenters. The van der Waals surface area contributed by atoms with Gasteiger partial charge in [0.05, 0.1) is 5.69 Å². The summed E-state index contributed by atoms with van der Waals surface area (Å²) in [7, 11) is 0. The number of anilines is 3. The highest BCUT2D eigenvalue weighted by Gasteiger charge is 2.36. The third-order valence-corrected chi connectivity index (χ3v) is 12.0. The van der Waals surface area contributed by atoms with Crippen LogP contribution in [0.1, 0.15) is 49.9 Å². The molecule has 1 heterocycles. The summed E-state index contributed by atoms with van der Waals surface area (Å²) in [5.41, 5.74) is 15.0. The van der Waals surface area contributed by atoms with Crippen LogP contribution in [0.5, 0.6) is 0 Å². The largest absolute Gasteiger partial charge is 0.455 e. The van der Waals surface area contributed by atoms with Crippen molar-refractivity contribution in [1.29, 1.82) is 0 Å². The SMILES string of the molecule is CC(C)(c1ccccc1)c1ccc(N(c2ccc3c(c2)-c2ccccc2C3(C)C)c2ccc3ccccc3c2-c2cccc3c2oc2ccccc23)cc1. The molecule has 0 saturated carbocycles. The molecule has 0 aliphatic heterocycles. The van der Waals surface area contributed by atoms with E-state index < -0.39 is 0 Å². The van der Waals surface area contributed by atoms with E-state index in [0.29, 0.717) is 0 Å². The lowest BCUT2D eigenvalue weighted by Crippen LogP contribution is -2.19. The third kappa shape index (κ3) is 4.87. The zero-order valence-electron chi connectivity index (χ0n) is 31.1. The second kappa shape index (κ2) is 12.1. The van der Waals surface area contributed by atoms with Crippen LogP contribution in [0, 0.1) is 0 Å². The van der Waals surface area contributed by atoms with Crippen molar-refractivity contribution in [2.45, 2.75) is 38.5 Å². The van der Waals surface area contributed by atoms with Gasteiger partial charge >= 0.3 is 0 Å². The van der Waals surface area contributed by atoms with Gasteiger partial charge in [0.25, 0.3) is 0 Å². The van der Waals surface area contributed by atoms with Crippen LogP contribution in [0.25, 0.3) is 55.0 Å². The Kier molecular flexibility index (Phi) is 7.22. The smallest absolute Gasteiger partial charge is 0.143 e. The topological polar surface area (TPSA) is 16.4 Å². The lowest BCUT2D eigenvalue weighted by Gasteiger charge is -2.31. The van der Waals surface area contributed by atoms with Crippen molar-refractivity contribution in [1.82, 2.24) is 0 Å². The second-order valence-electron chi connectivity index (χ2n) is 15.7. The quantitative estimate of drug-likeness (QED) is 0.172. The summed E-state index contributed by atoms with van der Waals surface area (Å²) in [5, 5.41) is 4.62. The Morgan fingerprint density at radius 1 is 0.481 bits per heavy atom. The van der Waals surface area contributed by atoms with E-state index in [1.165, 1.54) is 44.2 Å². The molecule has 1 aliphatic rings. The van der Waals surface area contributed by atoms with Crippen molar-refractivity contribution >= 4 is 49.8 Å². The van der Waals surface area contributed by atoms with Crippen molar-refractivity contribution in [2.24, 2.45) is 0 Å². The number of rotatable bonds is 6. The van der Waals surface area contributed by atoms with E-state index in [4.69, 9.17) is 4.42 Å². The summed E-state index contributed by atoms with van der Waals surface area (Å²) in [6, 6.07) is 64.2. The van der Waals surface area contributed by atoms with E-state index in [0.717, 1.165) is 50.1 Å². The summed E-state index contributed by atoms with van der Waals surface area (Å²) < 4.78 is 6.73. The predicted molar refractivity (Wildman–Crippen MR) is 227 cm³/mol. The van der Waals surface area contributed by atoms with Gasteiger partial charge in [-0.2, -0.15) is 0 Å². The number of para-hydroxylation sites is 2. The molecule has 1 aliphatic carbocycles. The average Bonchev–Trinajstić information content (AvgIpc) is 3.70. The first-order valence-electron chi connectivity index (χ1n) is 18.9. The first-order chi connectivity index (χ1) is 26.3. The van der Waals surface area contributed by atoms with Gasteiger partial charge in [-0.15, -0.1) is 0 Å². The lowest BCUT2D eigenvalue weighted by molar-refractivity contribution is 0.641. The van der Waals surface area contributed by atoms with Crippen LogP contribution in [0.3, 0.4) is 0 Å². The summed E-state index contributed by atoms with van der Waals surface area (Å²) >= 11 is 0.